The molecule has 3 heterocycles. The van der Waals surface area contributed by atoms with Crippen LogP contribution in [0.15, 0.2) is 41.1 Å². The lowest BCUT2D eigenvalue weighted by atomic mass is 10.2. The number of piperazine rings is 1. The van der Waals surface area contributed by atoms with E-state index in [0.717, 1.165) is 49.4 Å². The fourth-order valence-corrected chi connectivity index (χ4v) is 3.25. The van der Waals surface area contributed by atoms with E-state index >= 15 is 0 Å². The number of rotatable bonds is 4. The van der Waals surface area contributed by atoms with Crippen molar-refractivity contribution in [2.75, 3.05) is 26.2 Å². The van der Waals surface area contributed by atoms with Crippen molar-refractivity contribution in [3.8, 4) is 6.01 Å². The summed E-state index contributed by atoms with van der Waals surface area (Å²) in [5, 5.41) is 5.48. The van der Waals surface area contributed by atoms with Crippen molar-refractivity contribution >= 4 is 10.9 Å². The third-order valence-electron chi connectivity index (χ3n) is 4.72. The van der Waals surface area contributed by atoms with Crippen molar-refractivity contribution in [2.24, 2.45) is 0 Å². The first-order chi connectivity index (χ1) is 11.7. The van der Waals surface area contributed by atoms with Crippen molar-refractivity contribution in [1.29, 1.82) is 0 Å². The molecule has 1 aromatic carbocycles. The van der Waals surface area contributed by atoms with Gasteiger partial charge in [0.15, 0.2) is 0 Å². The molecule has 3 aromatic rings. The molecule has 0 N–H and O–H groups in total. The lowest BCUT2D eigenvalue weighted by Gasteiger charge is -2.36. The SMILES string of the molecule is CC(C)N1CCN(Cc2cnc(-n3ncc4ccccc43)o2)CC1. The lowest BCUT2D eigenvalue weighted by molar-refractivity contribution is 0.0990. The number of hydrogen-bond donors (Lipinski definition) is 0. The first kappa shape index (κ1) is 15.4. The van der Waals surface area contributed by atoms with Crippen LogP contribution in [0.4, 0.5) is 0 Å². The van der Waals surface area contributed by atoms with Gasteiger partial charge in [0.2, 0.25) is 0 Å². The Morgan fingerprint density at radius 1 is 1.08 bits per heavy atom. The molecule has 6 heteroatoms. The molecule has 0 bridgehead atoms. The maximum Gasteiger partial charge on any atom is 0.323 e. The van der Waals surface area contributed by atoms with Crippen LogP contribution in [0.1, 0.15) is 19.6 Å². The Hall–Kier alpha value is -2.18. The van der Waals surface area contributed by atoms with Crippen molar-refractivity contribution in [1.82, 2.24) is 24.6 Å². The van der Waals surface area contributed by atoms with Crippen LogP contribution in [0.3, 0.4) is 0 Å². The third kappa shape index (κ3) is 2.95. The van der Waals surface area contributed by atoms with Crippen LogP contribution >= 0.6 is 0 Å². The van der Waals surface area contributed by atoms with Crippen LogP contribution in [0.25, 0.3) is 16.9 Å². The molecule has 2 aromatic heterocycles. The quantitative estimate of drug-likeness (QED) is 0.738. The highest BCUT2D eigenvalue weighted by molar-refractivity contribution is 5.79. The molecule has 0 aliphatic carbocycles. The van der Waals surface area contributed by atoms with E-state index < -0.39 is 0 Å². The van der Waals surface area contributed by atoms with E-state index in [1.807, 2.05) is 36.7 Å². The number of fused-ring (bicyclic) bond motifs is 1. The molecule has 0 radical (unpaired) electrons. The van der Waals surface area contributed by atoms with Gasteiger partial charge in [-0.25, -0.2) is 0 Å². The molecule has 0 unspecified atom stereocenters. The third-order valence-corrected chi connectivity index (χ3v) is 4.72. The van der Waals surface area contributed by atoms with Gasteiger partial charge in [0.25, 0.3) is 0 Å². The summed E-state index contributed by atoms with van der Waals surface area (Å²) in [6.45, 7) is 9.68. The van der Waals surface area contributed by atoms with E-state index in [1.54, 1.807) is 4.68 Å². The molecule has 1 fully saturated rings. The number of nitrogens with zero attached hydrogens (tertiary/aromatic N) is 5. The first-order valence-corrected chi connectivity index (χ1v) is 8.55. The molecule has 0 amide bonds. The zero-order valence-electron chi connectivity index (χ0n) is 14.2. The summed E-state index contributed by atoms with van der Waals surface area (Å²) < 4.78 is 7.71. The molecular formula is C18H23N5O. The summed E-state index contributed by atoms with van der Waals surface area (Å²) in [5.41, 5.74) is 1.01. The van der Waals surface area contributed by atoms with Gasteiger partial charge in [-0.15, -0.1) is 0 Å². The standard InChI is InChI=1S/C18H23N5O/c1-14(2)22-9-7-21(8-10-22)13-16-12-19-18(24-16)23-17-6-4-3-5-15(17)11-20-23/h3-6,11-12,14H,7-10,13H2,1-2H3. The molecular weight excluding hydrogens is 302 g/mol. The van der Waals surface area contributed by atoms with Crippen molar-refractivity contribution < 1.29 is 4.42 Å². The Labute approximate surface area is 141 Å². The minimum absolute atomic E-state index is 0.534. The van der Waals surface area contributed by atoms with Gasteiger partial charge in [0, 0.05) is 37.6 Å². The predicted molar refractivity (Wildman–Crippen MR) is 93.1 cm³/mol. The number of benzene rings is 1. The zero-order valence-corrected chi connectivity index (χ0v) is 14.2. The average molecular weight is 325 g/mol. The summed E-state index contributed by atoms with van der Waals surface area (Å²) in [7, 11) is 0. The molecule has 0 atom stereocenters. The van der Waals surface area contributed by atoms with Gasteiger partial charge in [-0.05, 0) is 19.9 Å². The Kier molecular flexibility index (Phi) is 4.08. The largest absolute Gasteiger partial charge is 0.426 e. The second-order valence-electron chi connectivity index (χ2n) is 6.63. The molecule has 4 rings (SSSR count). The van der Waals surface area contributed by atoms with Gasteiger partial charge in [0.05, 0.1) is 24.5 Å². The van der Waals surface area contributed by atoms with Gasteiger partial charge in [-0.1, -0.05) is 18.2 Å². The maximum absolute atomic E-state index is 5.95. The Balaban J connectivity index is 1.46. The summed E-state index contributed by atoms with van der Waals surface area (Å²) in [6.07, 6.45) is 3.66. The first-order valence-electron chi connectivity index (χ1n) is 8.55. The van der Waals surface area contributed by atoms with Gasteiger partial charge in [-0.3, -0.25) is 9.80 Å². The number of aromatic nitrogens is 3. The van der Waals surface area contributed by atoms with E-state index in [0.29, 0.717) is 12.1 Å². The smallest absolute Gasteiger partial charge is 0.323 e. The fourth-order valence-electron chi connectivity index (χ4n) is 3.25. The Bertz CT molecular complexity index is 814. The zero-order chi connectivity index (χ0) is 16.5. The van der Waals surface area contributed by atoms with Crippen molar-refractivity contribution in [3.63, 3.8) is 0 Å². The van der Waals surface area contributed by atoms with E-state index in [2.05, 4.69) is 33.7 Å². The second-order valence-corrected chi connectivity index (χ2v) is 6.63. The highest BCUT2D eigenvalue weighted by atomic mass is 16.4. The number of oxazole rings is 1. The van der Waals surface area contributed by atoms with Crippen LogP contribution in [0.5, 0.6) is 0 Å². The van der Waals surface area contributed by atoms with Gasteiger partial charge >= 0.3 is 6.01 Å². The molecule has 24 heavy (non-hydrogen) atoms. The van der Waals surface area contributed by atoms with Gasteiger partial charge in [0.1, 0.15) is 5.76 Å². The monoisotopic (exact) mass is 325 g/mol. The maximum atomic E-state index is 5.95. The Morgan fingerprint density at radius 2 is 1.88 bits per heavy atom. The number of para-hydroxylation sites is 1. The minimum atomic E-state index is 0.534. The lowest BCUT2D eigenvalue weighted by Crippen LogP contribution is -2.48. The minimum Gasteiger partial charge on any atom is -0.426 e. The highest BCUT2D eigenvalue weighted by Crippen LogP contribution is 2.19. The van der Waals surface area contributed by atoms with Crippen LogP contribution < -0.4 is 0 Å². The predicted octanol–water partition coefficient (Wildman–Crippen LogP) is 2.54. The molecule has 1 aliphatic heterocycles. The van der Waals surface area contributed by atoms with Gasteiger partial charge < -0.3 is 4.42 Å². The number of hydrogen-bond acceptors (Lipinski definition) is 5. The van der Waals surface area contributed by atoms with Crippen LogP contribution in [-0.4, -0.2) is 56.8 Å². The average Bonchev–Trinajstić information content (AvgIpc) is 3.22. The molecule has 0 saturated carbocycles. The van der Waals surface area contributed by atoms with Crippen LogP contribution in [0, 0.1) is 0 Å². The van der Waals surface area contributed by atoms with E-state index in [4.69, 9.17) is 4.42 Å². The summed E-state index contributed by atoms with van der Waals surface area (Å²) in [4.78, 5) is 9.35. The van der Waals surface area contributed by atoms with E-state index in [1.165, 1.54) is 0 Å². The normalized spacial score (nSPS) is 17.1. The molecule has 1 aliphatic rings. The van der Waals surface area contributed by atoms with Crippen molar-refractivity contribution in [2.45, 2.75) is 26.4 Å². The van der Waals surface area contributed by atoms with Crippen LogP contribution in [0.2, 0.25) is 0 Å². The Morgan fingerprint density at radius 3 is 2.67 bits per heavy atom. The van der Waals surface area contributed by atoms with E-state index in [-0.39, 0.29) is 0 Å². The van der Waals surface area contributed by atoms with Crippen LogP contribution in [-0.2, 0) is 6.54 Å². The highest BCUT2D eigenvalue weighted by Gasteiger charge is 2.20. The molecule has 6 nitrogen and oxygen atoms in total. The molecule has 1 saturated heterocycles. The van der Waals surface area contributed by atoms with Gasteiger partial charge in [-0.2, -0.15) is 14.8 Å². The van der Waals surface area contributed by atoms with Crippen molar-refractivity contribution in [3.05, 3.63) is 42.4 Å². The molecule has 0 spiro atoms. The summed E-state index contributed by atoms with van der Waals surface area (Å²) >= 11 is 0. The second kappa shape index (κ2) is 6.37. The topological polar surface area (TPSA) is 50.3 Å². The summed E-state index contributed by atoms with van der Waals surface area (Å²) in [6, 6.07) is 9.23. The fraction of sp³-hybridized carbons (Fsp3) is 0.444. The van der Waals surface area contributed by atoms with E-state index in [9.17, 15) is 0 Å². The molecule has 126 valence electrons. The summed E-state index contributed by atoms with van der Waals surface area (Å²) in [5.74, 6) is 0.891.